The molecule has 1 aliphatic rings. The average molecular weight is 442 g/mol. The third kappa shape index (κ3) is 4.16. The number of H-pyrrole nitrogens is 1. The highest BCUT2D eigenvalue weighted by Crippen LogP contribution is 2.35. The number of fused-ring (bicyclic) bond motifs is 3. The predicted molar refractivity (Wildman–Crippen MR) is 130 cm³/mol. The highest BCUT2D eigenvalue weighted by atomic mass is 16.5. The van der Waals surface area contributed by atoms with Gasteiger partial charge >= 0.3 is 0 Å². The maximum absolute atomic E-state index is 12.9. The molecule has 0 bridgehead atoms. The van der Waals surface area contributed by atoms with Gasteiger partial charge in [0.15, 0.2) is 11.6 Å². The highest BCUT2D eigenvalue weighted by Gasteiger charge is 2.20. The monoisotopic (exact) mass is 441 g/mol. The Hall–Kier alpha value is -3.44. The van der Waals surface area contributed by atoms with E-state index in [0.717, 1.165) is 64.7 Å². The summed E-state index contributed by atoms with van der Waals surface area (Å²) < 4.78 is 10.8. The summed E-state index contributed by atoms with van der Waals surface area (Å²) in [6.45, 7) is 3.06. The number of ketones is 2. The number of nitrogens with one attached hydrogen (secondary N) is 1. The molecule has 1 saturated heterocycles. The summed E-state index contributed by atoms with van der Waals surface area (Å²) >= 11 is 0. The molecule has 0 amide bonds. The molecule has 1 aromatic heterocycles. The zero-order chi connectivity index (χ0) is 22.9. The van der Waals surface area contributed by atoms with E-state index in [4.69, 9.17) is 9.47 Å². The van der Waals surface area contributed by atoms with E-state index in [-0.39, 0.29) is 11.6 Å². The number of carbonyl (C=O) groups is 2. The van der Waals surface area contributed by atoms with Crippen molar-refractivity contribution in [2.24, 2.45) is 5.92 Å². The van der Waals surface area contributed by atoms with Gasteiger partial charge in [0.1, 0.15) is 5.75 Å². The molecule has 0 radical (unpaired) electrons. The number of carbonyl (C=O) groups excluding carboxylic acids is 2. The van der Waals surface area contributed by atoms with Gasteiger partial charge in [-0.3, -0.25) is 9.59 Å². The van der Waals surface area contributed by atoms with E-state index in [1.165, 1.54) is 0 Å². The minimum atomic E-state index is -0.00730. The van der Waals surface area contributed by atoms with Crippen molar-refractivity contribution in [3.63, 3.8) is 0 Å². The Kier molecular flexibility index (Phi) is 5.73. The molecule has 33 heavy (non-hydrogen) atoms. The summed E-state index contributed by atoms with van der Waals surface area (Å²) in [6, 6.07) is 17.7. The van der Waals surface area contributed by atoms with E-state index in [1.807, 2.05) is 48.5 Å². The Balaban J connectivity index is 1.58. The van der Waals surface area contributed by atoms with Gasteiger partial charge in [-0.1, -0.05) is 24.3 Å². The van der Waals surface area contributed by atoms with Crippen LogP contribution in [0.25, 0.3) is 32.9 Å². The summed E-state index contributed by atoms with van der Waals surface area (Å²) in [7, 11) is 1.64. The van der Waals surface area contributed by atoms with Gasteiger partial charge < -0.3 is 14.5 Å². The van der Waals surface area contributed by atoms with Crippen molar-refractivity contribution in [3.8, 4) is 16.9 Å². The van der Waals surface area contributed by atoms with Crippen LogP contribution in [-0.4, -0.2) is 36.9 Å². The molecule has 0 aliphatic carbocycles. The van der Waals surface area contributed by atoms with E-state index < -0.39 is 0 Å². The lowest BCUT2D eigenvalue weighted by atomic mass is 9.91. The van der Waals surface area contributed by atoms with Gasteiger partial charge in [-0.05, 0) is 67.1 Å². The molecule has 5 heteroatoms. The number of ether oxygens (including phenoxy) is 2. The van der Waals surface area contributed by atoms with Crippen LogP contribution in [0.5, 0.6) is 5.75 Å². The minimum Gasteiger partial charge on any atom is -0.497 e. The van der Waals surface area contributed by atoms with E-state index in [2.05, 4.69) is 11.1 Å². The van der Waals surface area contributed by atoms with Crippen LogP contribution < -0.4 is 4.74 Å². The van der Waals surface area contributed by atoms with Gasteiger partial charge in [0.2, 0.25) is 0 Å². The second kappa shape index (κ2) is 8.83. The molecule has 168 valence electrons. The van der Waals surface area contributed by atoms with Crippen LogP contribution in [0, 0.1) is 5.92 Å². The molecule has 0 unspecified atom stereocenters. The molecule has 0 spiro atoms. The third-order valence-electron chi connectivity index (χ3n) is 6.63. The SMILES string of the molecule is COc1cccc(-c2cc(C(C)=O)c3[nH]c4cc(C(=O)CC5CCOCC5)ccc4c3c2)c1. The summed E-state index contributed by atoms with van der Waals surface area (Å²) in [4.78, 5) is 28.9. The van der Waals surface area contributed by atoms with Crippen molar-refractivity contribution in [2.45, 2.75) is 26.2 Å². The molecule has 1 N–H and O–H groups in total. The molecular weight excluding hydrogens is 414 g/mol. The maximum Gasteiger partial charge on any atom is 0.163 e. The molecule has 5 nitrogen and oxygen atoms in total. The second-order valence-electron chi connectivity index (χ2n) is 8.80. The quantitative estimate of drug-likeness (QED) is 0.362. The van der Waals surface area contributed by atoms with Gasteiger partial charge in [-0.15, -0.1) is 0 Å². The molecule has 2 heterocycles. The Morgan fingerprint density at radius 3 is 2.58 bits per heavy atom. The van der Waals surface area contributed by atoms with Crippen LogP contribution in [-0.2, 0) is 4.74 Å². The number of rotatable bonds is 6. The molecule has 0 atom stereocenters. The summed E-state index contributed by atoms with van der Waals surface area (Å²) in [5.74, 6) is 1.31. The normalized spacial score (nSPS) is 14.6. The van der Waals surface area contributed by atoms with Crippen LogP contribution in [0.1, 0.15) is 46.9 Å². The summed E-state index contributed by atoms with van der Waals surface area (Å²) in [6.07, 6.45) is 2.43. The smallest absolute Gasteiger partial charge is 0.163 e. The van der Waals surface area contributed by atoms with Crippen molar-refractivity contribution in [3.05, 3.63) is 65.7 Å². The molecular formula is C28H27NO4. The van der Waals surface area contributed by atoms with Gasteiger partial charge in [0.05, 0.1) is 12.6 Å². The van der Waals surface area contributed by atoms with Crippen LogP contribution in [0.15, 0.2) is 54.6 Å². The van der Waals surface area contributed by atoms with E-state index in [1.54, 1.807) is 14.0 Å². The zero-order valence-electron chi connectivity index (χ0n) is 18.9. The number of aromatic nitrogens is 1. The van der Waals surface area contributed by atoms with Gasteiger partial charge in [-0.2, -0.15) is 0 Å². The molecule has 1 aliphatic heterocycles. The van der Waals surface area contributed by atoms with Crippen LogP contribution in [0.3, 0.4) is 0 Å². The van der Waals surface area contributed by atoms with E-state index in [0.29, 0.717) is 23.5 Å². The second-order valence-corrected chi connectivity index (χ2v) is 8.80. The number of hydrogen-bond acceptors (Lipinski definition) is 4. The zero-order valence-corrected chi connectivity index (χ0v) is 18.9. The Morgan fingerprint density at radius 1 is 1.00 bits per heavy atom. The lowest BCUT2D eigenvalue weighted by Crippen LogP contribution is -2.18. The fraction of sp³-hybridized carbons (Fsp3) is 0.286. The molecule has 1 fully saturated rings. The van der Waals surface area contributed by atoms with Crippen molar-refractivity contribution in [2.75, 3.05) is 20.3 Å². The fourth-order valence-electron chi connectivity index (χ4n) is 4.76. The third-order valence-corrected chi connectivity index (χ3v) is 6.63. The molecule has 0 saturated carbocycles. The molecule has 5 rings (SSSR count). The topological polar surface area (TPSA) is 68.4 Å². The van der Waals surface area contributed by atoms with Crippen molar-refractivity contribution in [1.29, 1.82) is 0 Å². The number of hydrogen-bond donors (Lipinski definition) is 1. The van der Waals surface area contributed by atoms with Crippen molar-refractivity contribution >= 4 is 33.4 Å². The van der Waals surface area contributed by atoms with Crippen molar-refractivity contribution in [1.82, 2.24) is 4.98 Å². The standard InChI is InChI=1S/C28H27NO4/c1-17(30)24-14-21(19-4-3-5-22(13-19)32-2)15-25-23-7-6-20(16-26(23)29-28(24)25)27(31)12-18-8-10-33-11-9-18/h3-7,13-16,18,29H,8-12H2,1-2H3. The average Bonchev–Trinajstić information content (AvgIpc) is 3.21. The van der Waals surface area contributed by atoms with Crippen LogP contribution in [0.2, 0.25) is 0 Å². The van der Waals surface area contributed by atoms with Gasteiger partial charge in [-0.25, -0.2) is 0 Å². The first-order chi connectivity index (χ1) is 16.0. The lowest BCUT2D eigenvalue weighted by molar-refractivity contribution is 0.0601. The largest absolute Gasteiger partial charge is 0.497 e. The molecule has 3 aromatic carbocycles. The first-order valence-electron chi connectivity index (χ1n) is 11.4. The lowest BCUT2D eigenvalue weighted by Gasteiger charge is -2.21. The number of benzene rings is 3. The molecule has 4 aromatic rings. The first-order valence-corrected chi connectivity index (χ1v) is 11.4. The van der Waals surface area contributed by atoms with Gasteiger partial charge in [0, 0.05) is 47.1 Å². The van der Waals surface area contributed by atoms with Gasteiger partial charge in [0.25, 0.3) is 0 Å². The summed E-state index contributed by atoms with van der Waals surface area (Å²) in [5, 5.41) is 1.97. The first kappa shape index (κ1) is 21.4. The minimum absolute atomic E-state index is 0.00730. The Morgan fingerprint density at radius 2 is 1.82 bits per heavy atom. The summed E-state index contributed by atoms with van der Waals surface area (Å²) in [5.41, 5.74) is 4.95. The van der Waals surface area contributed by atoms with E-state index in [9.17, 15) is 9.59 Å². The number of Topliss-reactive ketones (excluding diaryl/α,β-unsaturated/α-hetero) is 2. The predicted octanol–water partition coefficient (Wildman–Crippen LogP) is 6.20. The van der Waals surface area contributed by atoms with Crippen LogP contribution in [0.4, 0.5) is 0 Å². The Labute approximate surface area is 192 Å². The Bertz CT molecular complexity index is 1360. The maximum atomic E-state index is 12.9. The van der Waals surface area contributed by atoms with Crippen LogP contribution >= 0.6 is 0 Å². The number of aromatic amines is 1. The fourth-order valence-corrected chi connectivity index (χ4v) is 4.76. The highest BCUT2D eigenvalue weighted by molar-refractivity contribution is 6.17. The van der Waals surface area contributed by atoms with Crippen molar-refractivity contribution < 1.29 is 19.1 Å². The number of methoxy groups -OCH3 is 1. The van der Waals surface area contributed by atoms with E-state index >= 15 is 0 Å².